The molecule has 5 nitrogen and oxygen atoms in total. The van der Waals surface area contributed by atoms with Gasteiger partial charge in [-0.3, -0.25) is 0 Å². The number of hydrogen-bond acceptors (Lipinski definition) is 5. The third-order valence-electron chi connectivity index (χ3n) is 3.36. The van der Waals surface area contributed by atoms with Gasteiger partial charge in [0.15, 0.2) is 9.84 Å². The zero-order chi connectivity index (χ0) is 14.6. The van der Waals surface area contributed by atoms with E-state index in [1.165, 1.54) is 6.26 Å². The Morgan fingerprint density at radius 3 is 2.95 bits per heavy atom. The van der Waals surface area contributed by atoms with Gasteiger partial charge in [-0.05, 0) is 25.0 Å². The van der Waals surface area contributed by atoms with Crippen molar-refractivity contribution in [3.05, 3.63) is 24.3 Å². The Morgan fingerprint density at radius 2 is 2.25 bits per heavy atom. The lowest BCUT2D eigenvalue weighted by Gasteiger charge is -2.32. The SMILES string of the molecule is CS(=O)(=O)CCOc1cccc(N2CCCC(N)C2)c1. The molecule has 112 valence electrons. The zero-order valence-electron chi connectivity index (χ0n) is 11.8. The highest BCUT2D eigenvalue weighted by atomic mass is 32.2. The maximum atomic E-state index is 11.1. The molecule has 20 heavy (non-hydrogen) atoms. The quantitative estimate of drug-likeness (QED) is 0.879. The Morgan fingerprint density at radius 1 is 1.45 bits per heavy atom. The van der Waals surface area contributed by atoms with E-state index in [-0.39, 0.29) is 18.4 Å². The van der Waals surface area contributed by atoms with E-state index in [1.54, 1.807) is 0 Å². The number of ether oxygens (including phenoxy) is 1. The molecule has 0 saturated carbocycles. The van der Waals surface area contributed by atoms with Crippen LogP contribution in [0, 0.1) is 0 Å². The predicted octanol–water partition coefficient (Wildman–Crippen LogP) is 1.04. The number of hydrogen-bond donors (Lipinski definition) is 1. The van der Waals surface area contributed by atoms with E-state index in [0.29, 0.717) is 5.75 Å². The fraction of sp³-hybridized carbons (Fsp3) is 0.571. The van der Waals surface area contributed by atoms with Crippen LogP contribution in [0.3, 0.4) is 0 Å². The largest absolute Gasteiger partial charge is 0.492 e. The average molecular weight is 298 g/mol. The monoisotopic (exact) mass is 298 g/mol. The van der Waals surface area contributed by atoms with Crippen molar-refractivity contribution in [2.45, 2.75) is 18.9 Å². The molecule has 0 spiro atoms. The van der Waals surface area contributed by atoms with Crippen LogP contribution in [0.1, 0.15) is 12.8 Å². The number of piperidine rings is 1. The number of nitrogens with two attached hydrogens (primary N) is 1. The molecule has 0 amide bonds. The Kier molecular flexibility index (Phi) is 4.88. The molecule has 0 aliphatic carbocycles. The van der Waals surface area contributed by atoms with Crippen molar-refractivity contribution in [2.24, 2.45) is 5.73 Å². The van der Waals surface area contributed by atoms with Gasteiger partial charge in [0.1, 0.15) is 12.4 Å². The van der Waals surface area contributed by atoms with Gasteiger partial charge >= 0.3 is 0 Å². The lowest BCUT2D eigenvalue weighted by Crippen LogP contribution is -2.42. The van der Waals surface area contributed by atoms with E-state index < -0.39 is 9.84 Å². The Labute approximate surface area is 120 Å². The summed E-state index contributed by atoms with van der Waals surface area (Å²) >= 11 is 0. The highest BCUT2D eigenvalue weighted by Gasteiger charge is 2.17. The Hall–Kier alpha value is -1.27. The van der Waals surface area contributed by atoms with Gasteiger partial charge in [-0.15, -0.1) is 0 Å². The van der Waals surface area contributed by atoms with Crippen molar-refractivity contribution in [3.63, 3.8) is 0 Å². The van der Waals surface area contributed by atoms with Gasteiger partial charge in [0.25, 0.3) is 0 Å². The van der Waals surface area contributed by atoms with E-state index in [1.807, 2.05) is 24.3 Å². The third kappa shape index (κ3) is 4.68. The third-order valence-corrected chi connectivity index (χ3v) is 4.27. The standard InChI is InChI=1S/C14H22N2O3S/c1-20(17,18)9-8-19-14-6-2-5-13(10-14)16-7-3-4-12(15)11-16/h2,5-6,10,12H,3-4,7-9,11,15H2,1H3. The molecule has 1 unspecified atom stereocenters. The molecular formula is C14H22N2O3S. The summed E-state index contributed by atoms with van der Waals surface area (Å²) in [6.45, 7) is 2.04. The second kappa shape index (κ2) is 6.45. The molecule has 2 N–H and O–H groups in total. The molecule has 0 bridgehead atoms. The lowest BCUT2D eigenvalue weighted by molar-refractivity contribution is 0.341. The number of sulfone groups is 1. The van der Waals surface area contributed by atoms with Gasteiger partial charge in [0, 0.05) is 37.1 Å². The van der Waals surface area contributed by atoms with Crippen LogP contribution in [-0.2, 0) is 9.84 Å². The first-order valence-corrected chi connectivity index (χ1v) is 8.91. The van der Waals surface area contributed by atoms with Crippen molar-refractivity contribution >= 4 is 15.5 Å². The van der Waals surface area contributed by atoms with Gasteiger partial charge in [-0.25, -0.2) is 8.42 Å². The van der Waals surface area contributed by atoms with E-state index in [4.69, 9.17) is 10.5 Å². The number of anilines is 1. The lowest BCUT2D eigenvalue weighted by atomic mass is 10.1. The number of rotatable bonds is 5. The summed E-state index contributed by atoms with van der Waals surface area (Å²) in [5.41, 5.74) is 7.07. The fourth-order valence-corrected chi connectivity index (χ4v) is 2.71. The summed E-state index contributed by atoms with van der Waals surface area (Å²) in [5, 5.41) is 0. The summed E-state index contributed by atoms with van der Waals surface area (Å²) in [6, 6.07) is 7.96. The molecule has 1 heterocycles. The number of nitrogens with zero attached hydrogens (tertiary/aromatic N) is 1. The Balaban J connectivity index is 1.97. The summed E-state index contributed by atoms with van der Waals surface area (Å²) in [7, 11) is -2.98. The maximum absolute atomic E-state index is 11.1. The predicted molar refractivity (Wildman–Crippen MR) is 81.1 cm³/mol. The van der Waals surface area contributed by atoms with E-state index >= 15 is 0 Å². The van der Waals surface area contributed by atoms with Crippen molar-refractivity contribution in [1.82, 2.24) is 0 Å². The first-order valence-electron chi connectivity index (χ1n) is 6.85. The minimum Gasteiger partial charge on any atom is -0.492 e. The maximum Gasteiger partial charge on any atom is 0.150 e. The molecule has 1 aliphatic heterocycles. The molecule has 0 radical (unpaired) electrons. The molecule has 6 heteroatoms. The molecule has 2 rings (SSSR count). The topological polar surface area (TPSA) is 72.6 Å². The van der Waals surface area contributed by atoms with Crippen LogP contribution in [0.5, 0.6) is 5.75 Å². The van der Waals surface area contributed by atoms with Crippen LogP contribution in [0.25, 0.3) is 0 Å². The van der Waals surface area contributed by atoms with Crippen molar-refractivity contribution in [3.8, 4) is 5.75 Å². The van der Waals surface area contributed by atoms with E-state index in [9.17, 15) is 8.42 Å². The van der Waals surface area contributed by atoms with Gasteiger partial charge < -0.3 is 15.4 Å². The summed E-state index contributed by atoms with van der Waals surface area (Å²) in [4.78, 5) is 2.25. The average Bonchev–Trinajstić information content (AvgIpc) is 2.38. The van der Waals surface area contributed by atoms with Gasteiger partial charge in [0.2, 0.25) is 0 Å². The van der Waals surface area contributed by atoms with Crippen molar-refractivity contribution < 1.29 is 13.2 Å². The first kappa shape index (κ1) is 15.1. The highest BCUT2D eigenvalue weighted by Crippen LogP contribution is 2.24. The summed E-state index contributed by atoms with van der Waals surface area (Å²) in [6.07, 6.45) is 3.38. The molecule has 0 aromatic heterocycles. The van der Waals surface area contributed by atoms with Crippen LogP contribution in [0.2, 0.25) is 0 Å². The minimum absolute atomic E-state index is 0.0335. The van der Waals surface area contributed by atoms with E-state index in [0.717, 1.165) is 31.6 Å². The fourth-order valence-electron chi connectivity index (χ4n) is 2.33. The second-order valence-electron chi connectivity index (χ2n) is 5.32. The van der Waals surface area contributed by atoms with Gasteiger partial charge in [0.05, 0.1) is 5.75 Å². The molecule has 1 aliphatic rings. The van der Waals surface area contributed by atoms with Gasteiger partial charge in [-0.2, -0.15) is 0 Å². The number of benzene rings is 1. The normalized spacial score (nSPS) is 19.9. The highest BCUT2D eigenvalue weighted by molar-refractivity contribution is 7.90. The van der Waals surface area contributed by atoms with Crippen LogP contribution in [-0.4, -0.2) is 46.2 Å². The first-order chi connectivity index (χ1) is 9.44. The molecule has 1 fully saturated rings. The van der Waals surface area contributed by atoms with Crippen molar-refractivity contribution in [2.75, 3.05) is 36.6 Å². The molecule has 1 atom stereocenters. The van der Waals surface area contributed by atoms with Crippen LogP contribution in [0.15, 0.2) is 24.3 Å². The summed E-state index contributed by atoms with van der Waals surface area (Å²) < 4.78 is 27.6. The van der Waals surface area contributed by atoms with Crippen molar-refractivity contribution in [1.29, 1.82) is 0 Å². The zero-order valence-corrected chi connectivity index (χ0v) is 12.6. The Bertz CT molecular complexity index is 545. The van der Waals surface area contributed by atoms with E-state index in [2.05, 4.69) is 4.90 Å². The molecule has 1 aromatic carbocycles. The summed E-state index contributed by atoms with van der Waals surface area (Å²) in [5.74, 6) is 0.733. The smallest absolute Gasteiger partial charge is 0.150 e. The van der Waals surface area contributed by atoms with Crippen LogP contribution < -0.4 is 15.4 Å². The molecule has 1 saturated heterocycles. The molecular weight excluding hydrogens is 276 g/mol. The van der Waals surface area contributed by atoms with Crippen LogP contribution in [0.4, 0.5) is 5.69 Å². The minimum atomic E-state index is -2.98. The van der Waals surface area contributed by atoms with Gasteiger partial charge in [-0.1, -0.05) is 6.07 Å². The molecule has 1 aromatic rings. The van der Waals surface area contributed by atoms with Crippen LogP contribution >= 0.6 is 0 Å². The second-order valence-corrected chi connectivity index (χ2v) is 7.58.